The Labute approximate surface area is 151 Å². The zero-order valence-electron chi connectivity index (χ0n) is 14.4. The Balaban J connectivity index is 1.54. The van der Waals surface area contributed by atoms with Crippen LogP contribution in [0.2, 0.25) is 0 Å². The third kappa shape index (κ3) is 4.81. The molecule has 1 saturated carbocycles. The zero-order chi connectivity index (χ0) is 18.5. The molecule has 5 nitrogen and oxygen atoms in total. The van der Waals surface area contributed by atoms with Crippen molar-refractivity contribution in [1.29, 1.82) is 0 Å². The van der Waals surface area contributed by atoms with E-state index >= 15 is 0 Å². The number of primary amides is 1. The molecule has 2 amide bonds. The van der Waals surface area contributed by atoms with Crippen molar-refractivity contribution < 1.29 is 18.7 Å². The first-order valence-corrected chi connectivity index (χ1v) is 8.59. The molecule has 1 aliphatic rings. The molecule has 1 aliphatic carbocycles. The van der Waals surface area contributed by atoms with Crippen LogP contribution in [0.25, 0.3) is 0 Å². The summed E-state index contributed by atoms with van der Waals surface area (Å²) in [7, 11) is 0. The number of hydrogen-bond acceptors (Lipinski definition) is 3. The van der Waals surface area contributed by atoms with Gasteiger partial charge in [0.25, 0.3) is 0 Å². The van der Waals surface area contributed by atoms with Crippen molar-refractivity contribution in [2.45, 2.75) is 31.8 Å². The Kier molecular flexibility index (Phi) is 5.51. The molecule has 0 unspecified atom stereocenters. The van der Waals surface area contributed by atoms with E-state index in [1.165, 1.54) is 12.1 Å². The Morgan fingerprint density at radius 2 is 1.73 bits per heavy atom. The molecule has 0 atom stereocenters. The molecular formula is C20H21FN2O3. The van der Waals surface area contributed by atoms with Gasteiger partial charge in [-0.3, -0.25) is 9.59 Å². The minimum atomic E-state index is -0.468. The summed E-state index contributed by atoms with van der Waals surface area (Å²) in [6.45, 7) is 0.743. The molecule has 3 rings (SSSR count). The van der Waals surface area contributed by atoms with E-state index in [1.54, 1.807) is 24.3 Å². The van der Waals surface area contributed by atoms with Gasteiger partial charge in [-0.2, -0.15) is 0 Å². The summed E-state index contributed by atoms with van der Waals surface area (Å²) in [5.41, 5.74) is 6.65. The molecule has 2 aromatic carbocycles. The van der Waals surface area contributed by atoms with Crippen molar-refractivity contribution in [2.75, 3.05) is 6.61 Å². The summed E-state index contributed by atoms with van der Waals surface area (Å²) in [4.78, 5) is 25.6. The highest BCUT2D eigenvalue weighted by atomic mass is 19.1. The van der Waals surface area contributed by atoms with Crippen LogP contribution in [0.4, 0.5) is 4.39 Å². The minimum absolute atomic E-state index is 0.0218. The highest BCUT2D eigenvalue weighted by Crippen LogP contribution is 2.29. The fourth-order valence-corrected chi connectivity index (χ4v) is 2.71. The van der Waals surface area contributed by atoms with Gasteiger partial charge in [0.05, 0.1) is 13.0 Å². The molecule has 2 N–H and O–H groups in total. The molecule has 0 saturated heterocycles. The molecule has 0 radical (unpaired) electrons. The highest BCUT2D eigenvalue weighted by molar-refractivity contribution is 5.92. The summed E-state index contributed by atoms with van der Waals surface area (Å²) < 4.78 is 18.4. The van der Waals surface area contributed by atoms with Crippen molar-refractivity contribution in [3.05, 3.63) is 65.5 Å². The Morgan fingerprint density at radius 1 is 1.08 bits per heavy atom. The minimum Gasteiger partial charge on any atom is -0.493 e. The van der Waals surface area contributed by atoms with E-state index in [2.05, 4.69) is 0 Å². The van der Waals surface area contributed by atoms with Crippen LogP contribution in [0.1, 0.15) is 35.2 Å². The average molecular weight is 356 g/mol. The first kappa shape index (κ1) is 17.9. The number of carbonyl (C=O) groups excluding carboxylic acids is 2. The number of nitrogens with zero attached hydrogens (tertiary/aromatic N) is 1. The number of rotatable bonds is 8. The maximum absolute atomic E-state index is 12.9. The topological polar surface area (TPSA) is 72.6 Å². The van der Waals surface area contributed by atoms with Crippen molar-refractivity contribution in [3.8, 4) is 5.75 Å². The molecule has 0 spiro atoms. The lowest BCUT2D eigenvalue weighted by Gasteiger charge is -2.23. The molecule has 2 aromatic rings. The van der Waals surface area contributed by atoms with E-state index in [-0.39, 0.29) is 30.8 Å². The predicted octanol–water partition coefficient (Wildman–Crippen LogP) is 2.88. The van der Waals surface area contributed by atoms with Crippen LogP contribution in [0, 0.1) is 5.82 Å². The van der Waals surface area contributed by atoms with Crippen molar-refractivity contribution in [3.63, 3.8) is 0 Å². The summed E-state index contributed by atoms with van der Waals surface area (Å²) >= 11 is 0. The second kappa shape index (κ2) is 7.99. The van der Waals surface area contributed by atoms with Gasteiger partial charge < -0.3 is 15.4 Å². The molecule has 0 heterocycles. The average Bonchev–Trinajstić information content (AvgIpc) is 3.46. The predicted molar refractivity (Wildman–Crippen MR) is 95.0 cm³/mol. The number of halogens is 1. The number of carbonyl (C=O) groups is 2. The lowest BCUT2D eigenvalue weighted by atomic mass is 10.1. The molecule has 6 heteroatoms. The number of hydrogen-bond donors (Lipinski definition) is 1. The van der Waals surface area contributed by atoms with Gasteiger partial charge in [-0.25, -0.2) is 4.39 Å². The van der Waals surface area contributed by atoms with Gasteiger partial charge in [-0.15, -0.1) is 0 Å². The standard InChI is InChI=1S/C20H21FN2O3/c21-16-5-9-18(10-6-16)26-12-11-19(24)23(17-7-8-17)13-14-1-3-15(4-2-14)20(22)25/h1-6,9-10,17H,7-8,11-13H2,(H2,22,25). The molecule has 0 bridgehead atoms. The normalized spacial score (nSPS) is 13.3. The number of nitrogens with two attached hydrogens (primary N) is 1. The molecule has 0 aliphatic heterocycles. The fourth-order valence-electron chi connectivity index (χ4n) is 2.71. The lowest BCUT2D eigenvalue weighted by molar-refractivity contribution is -0.132. The van der Waals surface area contributed by atoms with E-state index in [9.17, 15) is 14.0 Å². The Bertz CT molecular complexity index is 771. The maximum atomic E-state index is 12.9. The van der Waals surface area contributed by atoms with Crippen LogP contribution in [0.5, 0.6) is 5.75 Å². The summed E-state index contributed by atoms with van der Waals surface area (Å²) in [6.07, 6.45) is 2.26. The number of amides is 2. The van der Waals surface area contributed by atoms with E-state index in [0.29, 0.717) is 17.9 Å². The Morgan fingerprint density at radius 3 is 2.31 bits per heavy atom. The van der Waals surface area contributed by atoms with Crippen LogP contribution in [-0.2, 0) is 11.3 Å². The van der Waals surface area contributed by atoms with Gasteiger partial charge in [0, 0.05) is 18.2 Å². The third-order valence-electron chi connectivity index (χ3n) is 4.30. The molecule has 26 heavy (non-hydrogen) atoms. The molecule has 136 valence electrons. The smallest absolute Gasteiger partial charge is 0.248 e. The van der Waals surface area contributed by atoms with Gasteiger partial charge in [0.1, 0.15) is 11.6 Å². The van der Waals surface area contributed by atoms with Crippen LogP contribution >= 0.6 is 0 Å². The van der Waals surface area contributed by atoms with E-state index in [4.69, 9.17) is 10.5 Å². The quantitative estimate of drug-likeness (QED) is 0.790. The second-order valence-corrected chi connectivity index (χ2v) is 6.37. The van der Waals surface area contributed by atoms with Crippen molar-refractivity contribution in [2.24, 2.45) is 5.73 Å². The Hall–Kier alpha value is -2.89. The van der Waals surface area contributed by atoms with E-state index < -0.39 is 5.91 Å². The molecule has 0 aromatic heterocycles. The van der Waals surface area contributed by atoms with Crippen LogP contribution < -0.4 is 10.5 Å². The number of ether oxygens (including phenoxy) is 1. The van der Waals surface area contributed by atoms with Gasteiger partial charge in [-0.1, -0.05) is 12.1 Å². The summed E-state index contributed by atoms with van der Waals surface area (Å²) in [6, 6.07) is 13.0. The third-order valence-corrected chi connectivity index (χ3v) is 4.30. The maximum Gasteiger partial charge on any atom is 0.248 e. The highest BCUT2D eigenvalue weighted by Gasteiger charge is 2.32. The second-order valence-electron chi connectivity index (χ2n) is 6.37. The lowest BCUT2D eigenvalue weighted by Crippen LogP contribution is -2.33. The molecular weight excluding hydrogens is 335 g/mol. The van der Waals surface area contributed by atoms with Gasteiger partial charge in [0.2, 0.25) is 11.8 Å². The van der Waals surface area contributed by atoms with Gasteiger partial charge in [-0.05, 0) is 54.8 Å². The largest absolute Gasteiger partial charge is 0.493 e. The zero-order valence-corrected chi connectivity index (χ0v) is 14.4. The van der Waals surface area contributed by atoms with Crippen LogP contribution in [-0.4, -0.2) is 29.4 Å². The van der Waals surface area contributed by atoms with Gasteiger partial charge >= 0.3 is 0 Å². The van der Waals surface area contributed by atoms with Crippen molar-refractivity contribution >= 4 is 11.8 Å². The SMILES string of the molecule is NC(=O)c1ccc(CN(C(=O)CCOc2ccc(F)cc2)C2CC2)cc1. The number of benzene rings is 2. The summed E-state index contributed by atoms with van der Waals surface area (Å²) in [5, 5.41) is 0. The monoisotopic (exact) mass is 356 g/mol. The molecule has 1 fully saturated rings. The first-order valence-electron chi connectivity index (χ1n) is 8.59. The summed E-state index contributed by atoms with van der Waals surface area (Å²) in [5.74, 6) is -0.229. The van der Waals surface area contributed by atoms with Gasteiger partial charge in [0.15, 0.2) is 0 Å². The van der Waals surface area contributed by atoms with Crippen molar-refractivity contribution in [1.82, 2.24) is 4.90 Å². The van der Waals surface area contributed by atoms with Crippen LogP contribution in [0.15, 0.2) is 48.5 Å². The van der Waals surface area contributed by atoms with Crippen LogP contribution in [0.3, 0.4) is 0 Å². The fraction of sp³-hybridized carbons (Fsp3) is 0.300. The first-order chi connectivity index (χ1) is 12.5. The van der Waals surface area contributed by atoms with E-state index in [0.717, 1.165) is 18.4 Å². The van der Waals surface area contributed by atoms with E-state index in [1.807, 2.05) is 17.0 Å².